The van der Waals surface area contributed by atoms with E-state index < -0.39 is 0 Å². The zero-order valence-electron chi connectivity index (χ0n) is 10.5. The van der Waals surface area contributed by atoms with E-state index in [2.05, 4.69) is 15.3 Å². The lowest BCUT2D eigenvalue weighted by Gasteiger charge is -2.11. The summed E-state index contributed by atoms with van der Waals surface area (Å²) in [4.78, 5) is 8.23. The molecule has 0 radical (unpaired) electrons. The maximum Gasteiger partial charge on any atom is 0.187 e. The van der Waals surface area contributed by atoms with Crippen LogP contribution in [-0.4, -0.2) is 24.1 Å². The lowest BCUT2D eigenvalue weighted by atomic mass is 10.1. The Morgan fingerprint density at radius 1 is 1.22 bits per heavy atom. The number of nitrogens with one attached hydrogen (secondary N) is 1. The van der Waals surface area contributed by atoms with Gasteiger partial charge in [0.2, 0.25) is 0 Å². The normalized spacial score (nSPS) is 10.2. The van der Waals surface area contributed by atoms with E-state index in [0.717, 1.165) is 5.56 Å². The van der Waals surface area contributed by atoms with E-state index in [0.29, 0.717) is 22.8 Å². The van der Waals surface area contributed by atoms with E-state index in [9.17, 15) is 4.39 Å². The topological polar surface area (TPSA) is 47.0 Å². The summed E-state index contributed by atoms with van der Waals surface area (Å²) in [6, 6.07) is 4.75. The monoisotopic (exact) mass is 247 g/mol. The molecule has 0 amide bonds. The predicted molar refractivity (Wildman–Crippen MR) is 68.3 cm³/mol. The van der Waals surface area contributed by atoms with Gasteiger partial charge in [0.1, 0.15) is 17.8 Å². The standard InChI is InChI=1S/C13H14FN3O/c1-8-4-9(6-10(14)5-8)11-12(18-3)13(15-2)17-7-16-11/h4-7H,1-3H3,(H,15,16,17). The van der Waals surface area contributed by atoms with Crippen LogP contribution in [0.15, 0.2) is 24.5 Å². The third-order valence-corrected chi connectivity index (χ3v) is 2.56. The number of halogens is 1. The first-order valence-electron chi connectivity index (χ1n) is 5.50. The predicted octanol–water partition coefficient (Wildman–Crippen LogP) is 2.64. The van der Waals surface area contributed by atoms with Crippen molar-refractivity contribution in [2.75, 3.05) is 19.5 Å². The van der Waals surface area contributed by atoms with Crippen LogP contribution >= 0.6 is 0 Å². The molecular formula is C13H14FN3O. The van der Waals surface area contributed by atoms with Crippen LogP contribution in [0.1, 0.15) is 5.56 Å². The van der Waals surface area contributed by atoms with Gasteiger partial charge >= 0.3 is 0 Å². The van der Waals surface area contributed by atoms with Crippen LogP contribution in [0.4, 0.5) is 10.2 Å². The molecule has 94 valence electrons. The number of ether oxygens (including phenoxy) is 1. The largest absolute Gasteiger partial charge is 0.491 e. The zero-order chi connectivity index (χ0) is 13.1. The molecule has 0 aliphatic rings. The molecule has 0 saturated carbocycles. The molecule has 1 aromatic carbocycles. The summed E-state index contributed by atoms with van der Waals surface area (Å²) in [6.45, 7) is 1.83. The fraction of sp³-hybridized carbons (Fsp3) is 0.231. The number of nitrogens with zero attached hydrogens (tertiary/aromatic N) is 2. The Kier molecular flexibility index (Phi) is 3.41. The smallest absolute Gasteiger partial charge is 0.187 e. The van der Waals surface area contributed by atoms with Crippen LogP contribution in [0.5, 0.6) is 5.75 Å². The van der Waals surface area contributed by atoms with Gasteiger partial charge in [0.25, 0.3) is 0 Å². The second-order valence-electron chi connectivity index (χ2n) is 3.87. The van der Waals surface area contributed by atoms with Gasteiger partial charge < -0.3 is 10.1 Å². The Labute approximate surface area is 105 Å². The van der Waals surface area contributed by atoms with Crippen molar-refractivity contribution in [2.45, 2.75) is 6.92 Å². The van der Waals surface area contributed by atoms with Gasteiger partial charge in [-0.3, -0.25) is 0 Å². The van der Waals surface area contributed by atoms with Gasteiger partial charge in [-0.1, -0.05) is 0 Å². The Morgan fingerprint density at radius 2 is 2.00 bits per heavy atom. The number of benzene rings is 1. The van der Waals surface area contributed by atoms with Crippen molar-refractivity contribution in [1.82, 2.24) is 9.97 Å². The van der Waals surface area contributed by atoms with Crippen molar-refractivity contribution in [2.24, 2.45) is 0 Å². The van der Waals surface area contributed by atoms with Crippen molar-refractivity contribution in [3.05, 3.63) is 35.9 Å². The molecule has 1 heterocycles. The second kappa shape index (κ2) is 5.00. The number of hydrogen-bond acceptors (Lipinski definition) is 4. The Hall–Kier alpha value is -2.17. The minimum Gasteiger partial charge on any atom is -0.491 e. The van der Waals surface area contributed by atoms with Crippen molar-refractivity contribution >= 4 is 5.82 Å². The van der Waals surface area contributed by atoms with E-state index in [1.165, 1.54) is 25.6 Å². The summed E-state index contributed by atoms with van der Waals surface area (Å²) in [5.74, 6) is 0.783. The number of rotatable bonds is 3. The molecule has 1 aromatic heterocycles. The van der Waals surface area contributed by atoms with Gasteiger partial charge in [0, 0.05) is 12.6 Å². The summed E-state index contributed by atoms with van der Waals surface area (Å²) in [7, 11) is 3.28. The Balaban J connectivity index is 2.63. The lowest BCUT2D eigenvalue weighted by Crippen LogP contribution is -2.00. The van der Waals surface area contributed by atoms with Crippen LogP contribution in [0, 0.1) is 12.7 Å². The highest BCUT2D eigenvalue weighted by Gasteiger charge is 2.13. The second-order valence-corrected chi connectivity index (χ2v) is 3.87. The lowest BCUT2D eigenvalue weighted by molar-refractivity contribution is 0.415. The molecule has 5 heteroatoms. The molecule has 0 spiro atoms. The van der Waals surface area contributed by atoms with Gasteiger partial charge in [-0.25, -0.2) is 14.4 Å². The molecule has 18 heavy (non-hydrogen) atoms. The highest BCUT2D eigenvalue weighted by Crippen LogP contribution is 2.33. The maximum absolute atomic E-state index is 13.4. The minimum absolute atomic E-state index is 0.295. The van der Waals surface area contributed by atoms with Crippen LogP contribution in [0.2, 0.25) is 0 Å². The first kappa shape index (κ1) is 12.3. The van der Waals surface area contributed by atoms with E-state index >= 15 is 0 Å². The molecule has 0 aliphatic heterocycles. The summed E-state index contributed by atoms with van der Waals surface area (Å²) in [5, 5.41) is 2.92. The summed E-state index contributed by atoms with van der Waals surface area (Å²) < 4.78 is 18.7. The van der Waals surface area contributed by atoms with E-state index in [-0.39, 0.29) is 5.82 Å². The van der Waals surface area contributed by atoms with Gasteiger partial charge in [-0.2, -0.15) is 0 Å². The molecule has 0 unspecified atom stereocenters. The Morgan fingerprint density at radius 3 is 2.61 bits per heavy atom. The quantitative estimate of drug-likeness (QED) is 0.905. The van der Waals surface area contributed by atoms with Gasteiger partial charge in [0.05, 0.1) is 7.11 Å². The first-order chi connectivity index (χ1) is 8.65. The molecule has 2 aromatic rings. The van der Waals surface area contributed by atoms with E-state index in [4.69, 9.17) is 4.74 Å². The number of aryl methyl sites for hydroxylation is 1. The van der Waals surface area contributed by atoms with Crippen LogP contribution in [0.3, 0.4) is 0 Å². The summed E-state index contributed by atoms with van der Waals surface area (Å²) in [6.07, 6.45) is 1.42. The number of methoxy groups -OCH3 is 1. The fourth-order valence-corrected chi connectivity index (χ4v) is 1.82. The SMILES string of the molecule is CNc1ncnc(-c2cc(C)cc(F)c2)c1OC. The highest BCUT2D eigenvalue weighted by atomic mass is 19.1. The van der Waals surface area contributed by atoms with Gasteiger partial charge in [-0.05, 0) is 30.7 Å². The Bertz CT molecular complexity index is 552. The maximum atomic E-state index is 13.4. The van der Waals surface area contributed by atoms with Crippen molar-refractivity contribution in [1.29, 1.82) is 0 Å². The third kappa shape index (κ3) is 2.25. The van der Waals surface area contributed by atoms with Crippen molar-refractivity contribution < 1.29 is 9.13 Å². The van der Waals surface area contributed by atoms with Crippen molar-refractivity contribution in [3.63, 3.8) is 0 Å². The molecule has 0 fully saturated rings. The number of aromatic nitrogens is 2. The molecule has 0 atom stereocenters. The molecular weight excluding hydrogens is 233 g/mol. The van der Waals surface area contributed by atoms with Crippen LogP contribution in [-0.2, 0) is 0 Å². The third-order valence-electron chi connectivity index (χ3n) is 2.56. The average molecular weight is 247 g/mol. The fourth-order valence-electron chi connectivity index (χ4n) is 1.82. The summed E-state index contributed by atoms with van der Waals surface area (Å²) >= 11 is 0. The number of anilines is 1. The van der Waals surface area contributed by atoms with Gasteiger partial charge in [-0.15, -0.1) is 0 Å². The van der Waals surface area contributed by atoms with Crippen molar-refractivity contribution in [3.8, 4) is 17.0 Å². The zero-order valence-corrected chi connectivity index (χ0v) is 10.5. The molecule has 2 rings (SSSR count). The molecule has 0 saturated heterocycles. The molecule has 0 aliphatic carbocycles. The molecule has 1 N–H and O–H groups in total. The average Bonchev–Trinajstić information content (AvgIpc) is 2.36. The first-order valence-corrected chi connectivity index (χ1v) is 5.50. The van der Waals surface area contributed by atoms with E-state index in [1.807, 2.05) is 13.0 Å². The summed E-state index contributed by atoms with van der Waals surface area (Å²) in [5.41, 5.74) is 2.07. The minimum atomic E-state index is -0.295. The number of hydrogen-bond donors (Lipinski definition) is 1. The molecule has 0 bridgehead atoms. The molecule has 4 nitrogen and oxygen atoms in total. The van der Waals surface area contributed by atoms with Crippen LogP contribution < -0.4 is 10.1 Å². The highest BCUT2D eigenvalue weighted by molar-refractivity contribution is 5.72. The van der Waals surface area contributed by atoms with E-state index in [1.54, 1.807) is 7.05 Å². The van der Waals surface area contributed by atoms with Gasteiger partial charge in [0.15, 0.2) is 11.6 Å². The van der Waals surface area contributed by atoms with Crippen LogP contribution in [0.25, 0.3) is 11.3 Å².